The van der Waals surface area contributed by atoms with Crippen LogP contribution in [0.1, 0.15) is 31.0 Å². The summed E-state index contributed by atoms with van der Waals surface area (Å²) in [5.41, 5.74) is 1.89. The maximum atomic E-state index is 13.3. The van der Waals surface area contributed by atoms with Crippen molar-refractivity contribution >= 4 is 0 Å². The number of ether oxygens (including phenoxy) is 1. The SMILES string of the molecule is CCNC(COCC)c1cc(C)cc(F)c1. The van der Waals surface area contributed by atoms with Crippen LogP contribution in [0.25, 0.3) is 0 Å². The number of hydrogen-bond acceptors (Lipinski definition) is 2. The van der Waals surface area contributed by atoms with E-state index in [1.807, 2.05) is 26.8 Å². The first-order valence-corrected chi connectivity index (χ1v) is 5.75. The predicted molar refractivity (Wildman–Crippen MR) is 64.0 cm³/mol. The fourth-order valence-corrected chi connectivity index (χ4v) is 1.72. The highest BCUT2D eigenvalue weighted by Crippen LogP contribution is 2.17. The monoisotopic (exact) mass is 225 g/mol. The van der Waals surface area contributed by atoms with Crippen LogP contribution in [0.2, 0.25) is 0 Å². The molecule has 0 aliphatic heterocycles. The highest BCUT2D eigenvalue weighted by Gasteiger charge is 2.11. The van der Waals surface area contributed by atoms with Gasteiger partial charge in [-0.3, -0.25) is 0 Å². The number of benzene rings is 1. The second-order valence-electron chi connectivity index (χ2n) is 3.83. The first-order chi connectivity index (χ1) is 7.67. The Balaban J connectivity index is 2.82. The molecule has 1 rings (SSSR count). The minimum atomic E-state index is -0.186. The summed E-state index contributed by atoms with van der Waals surface area (Å²) in [7, 11) is 0. The van der Waals surface area contributed by atoms with Gasteiger partial charge in [0.2, 0.25) is 0 Å². The molecule has 0 aliphatic rings. The lowest BCUT2D eigenvalue weighted by Crippen LogP contribution is -2.25. The second-order valence-corrected chi connectivity index (χ2v) is 3.83. The van der Waals surface area contributed by atoms with E-state index in [4.69, 9.17) is 4.74 Å². The van der Waals surface area contributed by atoms with Crippen molar-refractivity contribution < 1.29 is 9.13 Å². The number of hydrogen-bond donors (Lipinski definition) is 1. The molecule has 0 saturated heterocycles. The molecule has 0 heterocycles. The Labute approximate surface area is 96.8 Å². The normalized spacial score (nSPS) is 12.8. The van der Waals surface area contributed by atoms with E-state index in [1.54, 1.807) is 6.07 Å². The summed E-state index contributed by atoms with van der Waals surface area (Å²) in [6.45, 7) is 7.98. The maximum absolute atomic E-state index is 13.3. The van der Waals surface area contributed by atoms with Crippen LogP contribution in [0.5, 0.6) is 0 Å². The lowest BCUT2D eigenvalue weighted by atomic mass is 10.0. The van der Waals surface area contributed by atoms with Crippen molar-refractivity contribution in [3.63, 3.8) is 0 Å². The quantitative estimate of drug-likeness (QED) is 0.803. The Bertz CT molecular complexity index is 307. The Hall–Kier alpha value is -0.930. The minimum Gasteiger partial charge on any atom is -0.380 e. The molecule has 16 heavy (non-hydrogen) atoms. The number of halogens is 1. The Kier molecular flexibility index (Phi) is 5.43. The van der Waals surface area contributed by atoms with Crippen LogP contribution in [0.4, 0.5) is 4.39 Å². The van der Waals surface area contributed by atoms with Gasteiger partial charge in [-0.05, 0) is 43.7 Å². The zero-order valence-electron chi connectivity index (χ0n) is 10.2. The molecule has 1 N–H and O–H groups in total. The molecule has 0 amide bonds. The van der Waals surface area contributed by atoms with Crippen LogP contribution in [-0.2, 0) is 4.74 Å². The van der Waals surface area contributed by atoms with E-state index >= 15 is 0 Å². The molecule has 0 aromatic heterocycles. The molecule has 1 atom stereocenters. The van der Waals surface area contributed by atoms with Gasteiger partial charge in [-0.1, -0.05) is 13.0 Å². The van der Waals surface area contributed by atoms with Crippen LogP contribution in [-0.4, -0.2) is 19.8 Å². The van der Waals surface area contributed by atoms with Crippen molar-refractivity contribution in [1.29, 1.82) is 0 Å². The lowest BCUT2D eigenvalue weighted by Gasteiger charge is -2.18. The van der Waals surface area contributed by atoms with Crippen LogP contribution < -0.4 is 5.32 Å². The molecule has 90 valence electrons. The highest BCUT2D eigenvalue weighted by atomic mass is 19.1. The van der Waals surface area contributed by atoms with Gasteiger partial charge < -0.3 is 10.1 Å². The van der Waals surface area contributed by atoms with E-state index in [0.29, 0.717) is 13.2 Å². The molecular formula is C13H20FNO. The van der Waals surface area contributed by atoms with Crippen molar-refractivity contribution in [2.24, 2.45) is 0 Å². The van der Waals surface area contributed by atoms with Crippen molar-refractivity contribution in [3.8, 4) is 0 Å². The Morgan fingerprint density at radius 3 is 2.62 bits per heavy atom. The van der Waals surface area contributed by atoms with Gasteiger partial charge in [0.05, 0.1) is 12.6 Å². The topological polar surface area (TPSA) is 21.3 Å². The molecule has 1 aromatic rings. The van der Waals surface area contributed by atoms with Gasteiger partial charge in [0.25, 0.3) is 0 Å². The van der Waals surface area contributed by atoms with Crippen molar-refractivity contribution in [1.82, 2.24) is 5.32 Å². The minimum absolute atomic E-state index is 0.0688. The molecule has 0 spiro atoms. The standard InChI is InChI=1S/C13H20FNO/c1-4-15-13(9-16-5-2)11-6-10(3)7-12(14)8-11/h6-8,13,15H,4-5,9H2,1-3H3. The molecule has 0 aliphatic carbocycles. The van der Waals surface area contributed by atoms with Gasteiger partial charge in [0.1, 0.15) is 5.82 Å². The van der Waals surface area contributed by atoms with Crippen LogP contribution in [0.15, 0.2) is 18.2 Å². The molecule has 0 bridgehead atoms. The summed E-state index contributed by atoms with van der Waals surface area (Å²) in [6, 6.07) is 5.17. The molecule has 3 heteroatoms. The van der Waals surface area contributed by atoms with Crippen molar-refractivity contribution in [2.45, 2.75) is 26.8 Å². The number of likely N-dealkylation sites (N-methyl/N-ethyl adjacent to an activating group) is 1. The summed E-state index contributed by atoms with van der Waals surface area (Å²) >= 11 is 0. The second kappa shape index (κ2) is 6.61. The van der Waals surface area contributed by atoms with Crippen molar-refractivity contribution in [2.75, 3.05) is 19.8 Å². The van der Waals surface area contributed by atoms with Gasteiger partial charge in [-0.25, -0.2) is 4.39 Å². The largest absolute Gasteiger partial charge is 0.380 e. The van der Waals surface area contributed by atoms with Crippen LogP contribution in [0.3, 0.4) is 0 Å². The molecule has 0 fully saturated rings. The fraction of sp³-hybridized carbons (Fsp3) is 0.538. The van der Waals surface area contributed by atoms with Gasteiger partial charge in [-0.2, -0.15) is 0 Å². The zero-order valence-corrected chi connectivity index (χ0v) is 10.2. The molecule has 0 radical (unpaired) electrons. The van der Waals surface area contributed by atoms with Gasteiger partial charge in [0, 0.05) is 6.61 Å². The third kappa shape index (κ3) is 3.91. The molecular weight excluding hydrogens is 205 g/mol. The smallest absolute Gasteiger partial charge is 0.123 e. The van der Waals surface area contributed by atoms with E-state index in [2.05, 4.69) is 5.32 Å². The van der Waals surface area contributed by atoms with Crippen LogP contribution >= 0.6 is 0 Å². The molecule has 1 unspecified atom stereocenters. The lowest BCUT2D eigenvalue weighted by molar-refractivity contribution is 0.123. The third-order valence-corrected chi connectivity index (χ3v) is 2.41. The zero-order chi connectivity index (χ0) is 12.0. The van der Waals surface area contributed by atoms with Gasteiger partial charge in [0.15, 0.2) is 0 Å². The summed E-state index contributed by atoms with van der Waals surface area (Å²) in [5, 5.41) is 3.30. The van der Waals surface area contributed by atoms with E-state index in [0.717, 1.165) is 17.7 Å². The molecule has 1 aromatic carbocycles. The first-order valence-electron chi connectivity index (χ1n) is 5.75. The average molecular weight is 225 g/mol. The van der Waals surface area contributed by atoms with Gasteiger partial charge >= 0.3 is 0 Å². The summed E-state index contributed by atoms with van der Waals surface area (Å²) in [4.78, 5) is 0. The Morgan fingerprint density at radius 2 is 2.06 bits per heavy atom. The predicted octanol–water partition coefficient (Wildman–Crippen LogP) is 2.82. The summed E-state index contributed by atoms with van der Waals surface area (Å²) in [5.74, 6) is -0.186. The van der Waals surface area contributed by atoms with E-state index in [9.17, 15) is 4.39 Å². The van der Waals surface area contributed by atoms with Crippen molar-refractivity contribution in [3.05, 3.63) is 35.1 Å². The van der Waals surface area contributed by atoms with E-state index < -0.39 is 0 Å². The number of aryl methyl sites for hydroxylation is 1. The first kappa shape index (κ1) is 13.1. The maximum Gasteiger partial charge on any atom is 0.123 e. The summed E-state index contributed by atoms with van der Waals surface area (Å²) < 4.78 is 18.7. The van der Waals surface area contributed by atoms with Gasteiger partial charge in [-0.15, -0.1) is 0 Å². The van der Waals surface area contributed by atoms with E-state index in [-0.39, 0.29) is 11.9 Å². The average Bonchev–Trinajstić information content (AvgIpc) is 2.22. The van der Waals surface area contributed by atoms with E-state index in [1.165, 1.54) is 6.07 Å². The summed E-state index contributed by atoms with van der Waals surface area (Å²) in [6.07, 6.45) is 0. The number of rotatable bonds is 6. The Morgan fingerprint density at radius 1 is 1.31 bits per heavy atom. The molecule has 0 saturated carbocycles. The highest BCUT2D eigenvalue weighted by molar-refractivity contribution is 5.26. The fourth-order valence-electron chi connectivity index (χ4n) is 1.72. The number of nitrogens with one attached hydrogen (secondary N) is 1. The third-order valence-electron chi connectivity index (χ3n) is 2.41. The van der Waals surface area contributed by atoms with Crippen LogP contribution in [0, 0.1) is 12.7 Å². The molecule has 2 nitrogen and oxygen atoms in total.